The third-order valence-corrected chi connectivity index (χ3v) is 3.98. The molecule has 0 aliphatic carbocycles. The fourth-order valence-electron chi connectivity index (χ4n) is 2.71. The number of benzene rings is 1. The first-order valence-electron chi connectivity index (χ1n) is 8.55. The molecule has 0 fully saturated rings. The number of amides is 3. The minimum atomic E-state index is -0.865. The zero-order chi connectivity index (χ0) is 21.1. The minimum Gasteiger partial charge on any atom is -0.475 e. The SMILES string of the molecule is CC(=O)Nc1ccc(NC(=O)CN2C(=O)C(C)Oc3ccc([N+](=O)[O-])nc32)cc1. The lowest BCUT2D eigenvalue weighted by atomic mass is 10.2. The van der Waals surface area contributed by atoms with Gasteiger partial charge in [-0.15, -0.1) is 0 Å². The molecule has 11 heteroatoms. The molecular weight excluding hydrogens is 382 g/mol. The Hall–Kier alpha value is -4.02. The van der Waals surface area contributed by atoms with Gasteiger partial charge in [0.2, 0.25) is 11.8 Å². The van der Waals surface area contributed by atoms with Gasteiger partial charge in [0.05, 0.1) is 0 Å². The molecule has 1 aliphatic rings. The molecule has 2 aromatic rings. The molecule has 1 aromatic carbocycles. The Morgan fingerprint density at radius 1 is 1.17 bits per heavy atom. The summed E-state index contributed by atoms with van der Waals surface area (Å²) in [5.41, 5.74) is 1.02. The fourth-order valence-corrected chi connectivity index (χ4v) is 2.71. The van der Waals surface area contributed by atoms with E-state index in [9.17, 15) is 24.5 Å². The van der Waals surface area contributed by atoms with E-state index >= 15 is 0 Å². The van der Waals surface area contributed by atoms with Crippen molar-refractivity contribution in [3.8, 4) is 5.75 Å². The van der Waals surface area contributed by atoms with Gasteiger partial charge >= 0.3 is 5.82 Å². The summed E-state index contributed by atoms with van der Waals surface area (Å²) in [4.78, 5) is 51.2. The standard InChI is InChI=1S/C18H17N5O6/c1-10-18(26)22(17-14(29-10)7-8-15(21-17)23(27)28)9-16(25)20-13-5-3-12(4-6-13)19-11(2)24/h3-8,10H,9H2,1-2H3,(H,19,24)(H,20,25). The Kier molecular flexibility index (Phi) is 5.39. The van der Waals surface area contributed by atoms with Crippen LogP contribution in [0.1, 0.15) is 13.8 Å². The summed E-state index contributed by atoms with van der Waals surface area (Å²) in [5, 5.41) is 16.2. The Balaban J connectivity index is 1.77. The second kappa shape index (κ2) is 7.92. The quantitative estimate of drug-likeness (QED) is 0.575. The van der Waals surface area contributed by atoms with Crippen LogP contribution in [0.5, 0.6) is 5.75 Å². The normalized spacial score (nSPS) is 15.2. The maximum atomic E-state index is 12.5. The number of hydrogen-bond acceptors (Lipinski definition) is 7. The van der Waals surface area contributed by atoms with Crippen molar-refractivity contribution in [2.75, 3.05) is 22.1 Å². The van der Waals surface area contributed by atoms with Gasteiger partial charge in [0.15, 0.2) is 11.9 Å². The number of hydrogen-bond donors (Lipinski definition) is 2. The van der Waals surface area contributed by atoms with Crippen LogP contribution in [0, 0.1) is 10.1 Å². The van der Waals surface area contributed by atoms with E-state index in [0.717, 1.165) is 11.0 Å². The molecule has 0 saturated heterocycles. The number of aromatic nitrogens is 1. The molecule has 1 aromatic heterocycles. The molecule has 29 heavy (non-hydrogen) atoms. The predicted molar refractivity (Wildman–Crippen MR) is 103 cm³/mol. The van der Waals surface area contributed by atoms with Gasteiger partial charge in [0.1, 0.15) is 6.54 Å². The van der Waals surface area contributed by atoms with Crippen LogP contribution in [0.2, 0.25) is 0 Å². The highest BCUT2D eigenvalue weighted by Crippen LogP contribution is 2.33. The Morgan fingerprint density at radius 3 is 2.38 bits per heavy atom. The van der Waals surface area contributed by atoms with Crippen LogP contribution < -0.4 is 20.3 Å². The number of carbonyl (C=O) groups is 3. The van der Waals surface area contributed by atoms with Crippen molar-refractivity contribution in [3.63, 3.8) is 0 Å². The van der Waals surface area contributed by atoms with Crippen LogP contribution in [0.4, 0.5) is 23.0 Å². The maximum Gasteiger partial charge on any atom is 0.366 e. The van der Waals surface area contributed by atoms with Gasteiger partial charge in [-0.2, -0.15) is 0 Å². The van der Waals surface area contributed by atoms with Crippen LogP contribution in [0.25, 0.3) is 0 Å². The van der Waals surface area contributed by atoms with Gasteiger partial charge < -0.3 is 25.5 Å². The summed E-state index contributed by atoms with van der Waals surface area (Å²) in [7, 11) is 0. The lowest BCUT2D eigenvalue weighted by molar-refractivity contribution is -0.389. The molecule has 1 atom stereocenters. The van der Waals surface area contributed by atoms with E-state index in [1.165, 1.54) is 19.9 Å². The molecule has 1 aliphatic heterocycles. The van der Waals surface area contributed by atoms with Crippen LogP contribution in [0.15, 0.2) is 36.4 Å². The van der Waals surface area contributed by atoms with Crippen LogP contribution in [-0.2, 0) is 14.4 Å². The molecule has 2 heterocycles. The molecule has 1 unspecified atom stereocenters. The topological polar surface area (TPSA) is 144 Å². The average molecular weight is 399 g/mol. The summed E-state index contributed by atoms with van der Waals surface area (Å²) < 4.78 is 5.41. The Morgan fingerprint density at radius 2 is 1.79 bits per heavy atom. The van der Waals surface area contributed by atoms with E-state index in [0.29, 0.717) is 11.4 Å². The van der Waals surface area contributed by atoms with E-state index < -0.39 is 35.2 Å². The summed E-state index contributed by atoms with van der Waals surface area (Å²) in [6, 6.07) is 8.90. The largest absolute Gasteiger partial charge is 0.475 e. The first-order valence-corrected chi connectivity index (χ1v) is 8.55. The summed E-state index contributed by atoms with van der Waals surface area (Å²) in [6.07, 6.45) is -0.865. The molecule has 11 nitrogen and oxygen atoms in total. The second-order valence-electron chi connectivity index (χ2n) is 6.24. The monoisotopic (exact) mass is 399 g/mol. The van der Waals surface area contributed by atoms with E-state index in [4.69, 9.17) is 4.74 Å². The molecule has 0 spiro atoms. The third-order valence-electron chi connectivity index (χ3n) is 3.98. The number of rotatable bonds is 5. The third kappa shape index (κ3) is 4.46. The summed E-state index contributed by atoms with van der Waals surface area (Å²) >= 11 is 0. The van der Waals surface area contributed by atoms with Crippen molar-refractivity contribution in [3.05, 3.63) is 46.5 Å². The van der Waals surface area contributed by atoms with Crippen molar-refractivity contribution in [2.45, 2.75) is 20.0 Å². The molecule has 150 valence electrons. The van der Waals surface area contributed by atoms with E-state index in [1.54, 1.807) is 24.3 Å². The number of nitro groups is 1. The van der Waals surface area contributed by atoms with Crippen molar-refractivity contribution in [2.24, 2.45) is 0 Å². The van der Waals surface area contributed by atoms with Crippen LogP contribution in [-0.4, -0.2) is 40.3 Å². The van der Waals surface area contributed by atoms with Crippen LogP contribution >= 0.6 is 0 Å². The van der Waals surface area contributed by atoms with Gasteiger partial charge in [0, 0.05) is 24.4 Å². The van der Waals surface area contributed by atoms with Gasteiger partial charge in [-0.25, -0.2) is 0 Å². The second-order valence-corrected chi connectivity index (χ2v) is 6.24. The number of fused-ring (bicyclic) bond motifs is 1. The van der Waals surface area contributed by atoms with Gasteiger partial charge in [-0.05, 0) is 47.2 Å². The van der Waals surface area contributed by atoms with Gasteiger partial charge in [0.25, 0.3) is 11.7 Å². The first kappa shape index (κ1) is 19.7. The molecule has 3 rings (SSSR count). The summed E-state index contributed by atoms with van der Waals surface area (Å²) in [5.74, 6) is -1.66. The highest BCUT2D eigenvalue weighted by Gasteiger charge is 2.37. The zero-order valence-corrected chi connectivity index (χ0v) is 15.5. The number of carbonyl (C=O) groups excluding carboxylic acids is 3. The highest BCUT2D eigenvalue weighted by atomic mass is 16.6. The highest BCUT2D eigenvalue weighted by molar-refractivity contribution is 6.05. The fraction of sp³-hybridized carbons (Fsp3) is 0.222. The lowest BCUT2D eigenvalue weighted by Crippen LogP contribution is -2.48. The average Bonchev–Trinajstić information content (AvgIpc) is 2.66. The maximum absolute atomic E-state index is 12.5. The van der Waals surface area contributed by atoms with Gasteiger partial charge in [-0.3, -0.25) is 19.3 Å². The molecule has 3 amide bonds. The van der Waals surface area contributed by atoms with Crippen LogP contribution in [0.3, 0.4) is 0 Å². The van der Waals surface area contributed by atoms with Crippen molar-refractivity contribution in [1.82, 2.24) is 4.98 Å². The smallest absolute Gasteiger partial charge is 0.366 e. The van der Waals surface area contributed by atoms with Crippen molar-refractivity contribution in [1.29, 1.82) is 0 Å². The molecule has 0 radical (unpaired) electrons. The zero-order valence-electron chi connectivity index (χ0n) is 15.5. The summed E-state index contributed by atoms with van der Waals surface area (Å²) in [6.45, 7) is 2.49. The number of ether oxygens (including phenoxy) is 1. The Bertz CT molecular complexity index is 991. The van der Waals surface area contributed by atoms with E-state index in [2.05, 4.69) is 15.6 Å². The number of nitrogens with zero attached hydrogens (tertiary/aromatic N) is 3. The Labute approximate surface area is 164 Å². The number of anilines is 3. The minimum absolute atomic E-state index is 0.0848. The van der Waals surface area contributed by atoms with Gasteiger partial charge in [-0.1, -0.05) is 0 Å². The molecule has 2 N–H and O–H groups in total. The predicted octanol–water partition coefficient (Wildman–Crippen LogP) is 1.70. The number of pyridine rings is 1. The number of nitrogens with one attached hydrogen (secondary N) is 2. The van der Waals surface area contributed by atoms with Crippen molar-refractivity contribution >= 4 is 40.7 Å². The van der Waals surface area contributed by atoms with E-state index in [-0.39, 0.29) is 17.5 Å². The first-order chi connectivity index (χ1) is 13.7. The molecule has 0 bridgehead atoms. The lowest BCUT2D eigenvalue weighted by Gasteiger charge is -2.28. The molecular formula is C18H17N5O6. The van der Waals surface area contributed by atoms with Crippen molar-refractivity contribution < 1.29 is 24.0 Å². The molecule has 0 saturated carbocycles. The van der Waals surface area contributed by atoms with E-state index in [1.807, 2.05) is 0 Å².